The molecular weight excluding hydrogens is 525 g/mol. The Bertz CT molecular complexity index is 1140. The summed E-state index contributed by atoms with van der Waals surface area (Å²) < 4.78 is 42.6. The molecule has 0 atom stereocenters. The van der Waals surface area contributed by atoms with E-state index in [0.29, 0.717) is 26.2 Å². The zero-order valence-corrected chi connectivity index (χ0v) is 22.1. The van der Waals surface area contributed by atoms with Crippen LogP contribution < -0.4 is 10.6 Å². The number of nitrogens with zero attached hydrogens (tertiary/aromatic N) is 4. The third kappa shape index (κ3) is 6.20. The molecule has 0 aliphatic rings. The largest absolute Gasteiger partial charge is 0.420 e. The van der Waals surface area contributed by atoms with Gasteiger partial charge in [0.2, 0.25) is 11.8 Å². The van der Waals surface area contributed by atoms with Crippen molar-refractivity contribution in [2.45, 2.75) is 33.9 Å². The summed E-state index contributed by atoms with van der Waals surface area (Å²) in [6, 6.07) is 0. The Morgan fingerprint density at radius 3 is 1.51 bits per heavy atom. The van der Waals surface area contributed by atoms with Gasteiger partial charge in [-0.05, 0) is 26.2 Å². The van der Waals surface area contributed by atoms with Crippen molar-refractivity contribution in [3.8, 4) is 0 Å². The van der Waals surface area contributed by atoms with Crippen LogP contribution in [-0.2, 0) is 15.8 Å². The maximum atomic E-state index is 14.1. The molecule has 0 saturated carbocycles. The second-order valence-electron chi connectivity index (χ2n) is 7.60. The topological polar surface area (TPSA) is 90.5 Å². The second kappa shape index (κ2) is 11.3. The predicted molar refractivity (Wildman–Crippen MR) is 136 cm³/mol. The molecule has 0 radical (unpaired) electrons. The molecule has 0 unspecified atom stereocenters. The molecule has 1 aromatic carbocycles. The van der Waals surface area contributed by atoms with Crippen molar-refractivity contribution in [2.75, 3.05) is 49.9 Å². The van der Waals surface area contributed by atoms with Crippen LogP contribution in [0, 0.1) is 0 Å². The fraction of sp³-hybridized carbons (Fsp3) is 0.524. The van der Waals surface area contributed by atoms with E-state index < -0.39 is 11.7 Å². The average molecular weight is 551 g/mol. The highest BCUT2D eigenvalue weighted by molar-refractivity contribution is 7.25. The van der Waals surface area contributed by atoms with E-state index in [1.165, 1.54) is 0 Å². The van der Waals surface area contributed by atoms with E-state index in [-0.39, 0.29) is 60.6 Å². The first-order valence-corrected chi connectivity index (χ1v) is 13.1. The van der Waals surface area contributed by atoms with E-state index in [2.05, 4.69) is 20.6 Å². The number of likely N-dealkylation sites (N-methyl/N-ethyl adjacent to an activating group) is 2. The third-order valence-corrected chi connectivity index (χ3v) is 8.00. The van der Waals surface area contributed by atoms with Crippen molar-refractivity contribution < 1.29 is 22.8 Å². The van der Waals surface area contributed by atoms with Gasteiger partial charge in [0.25, 0.3) is 0 Å². The van der Waals surface area contributed by atoms with E-state index in [4.69, 9.17) is 11.6 Å². The summed E-state index contributed by atoms with van der Waals surface area (Å²) >= 11 is 8.22. The maximum Gasteiger partial charge on any atom is 0.420 e. The highest BCUT2D eigenvalue weighted by atomic mass is 35.5. The molecule has 0 aliphatic carbocycles. The molecular formula is C21H26ClF3N6O2S2. The molecule has 2 heterocycles. The lowest BCUT2D eigenvalue weighted by Gasteiger charge is -2.16. The number of halogens is 4. The van der Waals surface area contributed by atoms with E-state index in [0.717, 1.165) is 22.7 Å². The molecule has 14 heteroatoms. The fourth-order valence-corrected chi connectivity index (χ4v) is 5.82. The van der Waals surface area contributed by atoms with Crippen molar-refractivity contribution in [1.29, 1.82) is 0 Å². The highest BCUT2D eigenvalue weighted by Crippen LogP contribution is 2.48. The van der Waals surface area contributed by atoms with Crippen molar-refractivity contribution in [3.05, 3.63) is 10.6 Å². The molecule has 8 nitrogen and oxygen atoms in total. The molecule has 0 fully saturated rings. The number of nitrogens with one attached hydrogen (secondary N) is 2. The van der Waals surface area contributed by atoms with Gasteiger partial charge in [0, 0.05) is 0 Å². The summed E-state index contributed by atoms with van der Waals surface area (Å²) in [6.45, 7) is 10.4. The Morgan fingerprint density at radius 1 is 0.829 bits per heavy atom. The van der Waals surface area contributed by atoms with E-state index in [1.807, 2.05) is 37.5 Å². The number of alkyl halides is 3. The van der Waals surface area contributed by atoms with Gasteiger partial charge < -0.3 is 10.6 Å². The Kier molecular flexibility index (Phi) is 8.91. The van der Waals surface area contributed by atoms with Gasteiger partial charge in [-0.15, -0.1) is 0 Å². The molecule has 2 amide bonds. The number of thiazole rings is 2. The molecule has 3 rings (SSSR count). The number of aromatic nitrogens is 2. The van der Waals surface area contributed by atoms with E-state index >= 15 is 0 Å². The second-order valence-corrected chi connectivity index (χ2v) is 9.98. The van der Waals surface area contributed by atoms with Crippen molar-refractivity contribution in [2.24, 2.45) is 0 Å². The van der Waals surface area contributed by atoms with Gasteiger partial charge in [0.15, 0.2) is 10.3 Å². The number of hydrogen-bond acceptors (Lipinski definition) is 8. The number of fused-ring (bicyclic) bond motifs is 2. The summed E-state index contributed by atoms with van der Waals surface area (Å²) in [5.74, 6) is -0.758. The normalized spacial score (nSPS) is 12.3. The van der Waals surface area contributed by atoms with Crippen molar-refractivity contribution >= 4 is 76.8 Å². The fourth-order valence-electron chi connectivity index (χ4n) is 3.49. The summed E-state index contributed by atoms with van der Waals surface area (Å²) in [7, 11) is 0. The molecule has 0 bridgehead atoms. The van der Waals surface area contributed by atoms with Crippen LogP contribution in [0.25, 0.3) is 20.4 Å². The van der Waals surface area contributed by atoms with Crippen LogP contribution in [0.15, 0.2) is 0 Å². The minimum absolute atomic E-state index is 0.0231. The lowest BCUT2D eigenvalue weighted by atomic mass is 10.1. The first-order chi connectivity index (χ1) is 16.5. The van der Waals surface area contributed by atoms with Crippen molar-refractivity contribution in [3.63, 3.8) is 0 Å². The Labute approximate surface area is 213 Å². The first kappa shape index (κ1) is 27.5. The predicted octanol–water partition coefficient (Wildman–Crippen LogP) is 5.14. The zero-order chi connectivity index (χ0) is 25.9. The monoisotopic (exact) mass is 550 g/mol. The van der Waals surface area contributed by atoms with Crippen LogP contribution in [0.1, 0.15) is 33.3 Å². The summed E-state index contributed by atoms with van der Waals surface area (Å²) in [5.41, 5.74) is -1.82. The lowest BCUT2D eigenvalue weighted by molar-refractivity contribution is -0.135. The lowest BCUT2D eigenvalue weighted by Crippen LogP contribution is -2.32. The summed E-state index contributed by atoms with van der Waals surface area (Å²) in [5, 5.41) is 5.24. The molecule has 35 heavy (non-hydrogen) atoms. The zero-order valence-electron chi connectivity index (χ0n) is 19.7. The van der Waals surface area contributed by atoms with Gasteiger partial charge in [-0.2, -0.15) is 13.2 Å². The van der Waals surface area contributed by atoms with Crippen LogP contribution in [0.3, 0.4) is 0 Å². The first-order valence-electron chi connectivity index (χ1n) is 11.1. The number of amides is 2. The minimum Gasteiger partial charge on any atom is -0.301 e. The smallest absolute Gasteiger partial charge is 0.301 e. The molecule has 0 saturated heterocycles. The van der Waals surface area contributed by atoms with Crippen LogP contribution >= 0.6 is 34.3 Å². The number of anilines is 2. The van der Waals surface area contributed by atoms with Gasteiger partial charge in [-0.25, -0.2) is 9.97 Å². The molecule has 2 aromatic heterocycles. The summed E-state index contributed by atoms with van der Waals surface area (Å²) in [4.78, 5) is 36.5. The van der Waals surface area contributed by atoms with Crippen LogP contribution in [-0.4, -0.2) is 70.9 Å². The minimum atomic E-state index is -4.78. The van der Waals surface area contributed by atoms with Gasteiger partial charge in [-0.3, -0.25) is 19.4 Å². The van der Waals surface area contributed by atoms with Crippen LogP contribution in [0.5, 0.6) is 0 Å². The molecule has 2 N–H and O–H groups in total. The highest BCUT2D eigenvalue weighted by Gasteiger charge is 2.39. The maximum absolute atomic E-state index is 14.1. The van der Waals surface area contributed by atoms with Crippen molar-refractivity contribution in [1.82, 2.24) is 19.8 Å². The number of hydrogen-bond donors (Lipinski definition) is 2. The molecule has 3 aromatic rings. The van der Waals surface area contributed by atoms with Gasteiger partial charge in [-0.1, -0.05) is 62.0 Å². The Balaban J connectivity index is 2.00. The quantitative estimate of drug-likeness (QED) is 0.363. The SMILES string of the molecule is CCN(CC)CC(=O)Nc1nc2c(C(F)(F)F)c3nc(NC(=O)CN(CC)CC)sc3c(Cl)c2s1. The number of rotatable bonds is 10. The van der Waals surface area contributed by atoms with Gasteiger partial charge in [0.05, 0.1) is 38.5 Å². The van der Waals surface area contributed by atoms with Crippen LogP contribution in [0.4, 0.5) is 23.4 Å². The Morgan fingerprint density at radius 2 is 1.20 bits per heavy atom. The number of carbonyl (C=O) groups is 2. The average Bonchev–Trinajstić information content (AvgIpc) is 3.39. The standard InChI is InChI=1S/C21H26ClF3N6O2S2/c1-5-30(6-2)9-11(32)26-19-28-15-13(21(23,24)25)16-18(14(22)17(15)34-19)35-20(29-16)27-12(33)10-31(7-3)8-4/h5-10H2,1-4H3,(H,26,28,32)(H,27,29,33). The van der Waals surface area contributed by atoms with Gasteiger partial charge >= 0.3 is 6.18 Å². The van der Waals surface area contributed by atoms with E-state index in [1.54, 1.807) is 0 Å². The third-order valence-electron chi connectivity index (χ3n) is 5.43. The summed E-state index contributed by atoms with van der Waals surface area (Å²) in [6.07, 6.45) is -4.78. The van der Waals surface area contributed by atoms with Gasteiger partial charge in [0.1, 0.15) is 5.56 Å². The van der Waals surface area contributed by atoms with E-state index in [9.17, 15) is 22.8 Å². The molecule has 0 aliphatic heterocycles. The number of carbonyl (C=O) groups excluding carboxylic acids is 2. The molecule has 0 spiro atoms. The molecule has 192 valence electrons. The number of benzene rings is 1. The Hall–Kier alpha value is -2.06. The van der Waals surface area contributed by atoms with Crippen LogP contribution in [0.2, 0.25) is 5.02 Å².